The van der Waals surface area contributed by atoms with Gasteiger partial charge in [-0.15, -0.1) is 11.3 Å². The number of alkyl halides is 1. The van der Waals surface area contributed by atoms with Gasteiger partial charge in [0.05, 0.1) is 0 Å². The first-order valence-corrected chi connectivity index (χ1v) is 7.63. The Morgan fingerprint density at radius 2 is 2.12 bits per heavy atom. The summed E-state index contributed by atoms with van der Waals surface area (Å²) < 4.78 is 13.2. The van der Waals surface area contributed by atoms with Gasteiger partial charge in [0.15, 0.2) is 0 Å². The lowest BCUT2D eigenvalue weighted by Gasteiger charge is -2.13. The van der Waals surface area contributed by atoms with E-state index in [2.05, 4.69) is 33.4 Å². The minimum atomic E-state index is -0.149. The summed E-state index contributed by atoms with van der Waals surface area (Å²) in [6.45, 7) is 0. The Balaban J connectivity index is 2.01. The van der Waals surface area contributed by atoms with Crippen molar-refractivity contribution in [1.29, 1.82) is 0 Å². The van der Waals surface area contributed by atoms with Crippen molar-refractivity contribution in [1.82, 2.24) is 0 Å². The maximum atomic E-state index is 13.2. The topological polar surface area (TPSA) is 0 Å². The maximum Gasteiger partial charge on any atom is 0.123 e. The van der Waals surface area contributed by atoms with Crippen LogP contribution in [-0.2, 0) is 6.42 Å². The van der Waals surface area contributed by atoms with Crippen LogP contribution >= 0.6 is 27.3 Å². The van der Waals surface area contributed by atoms with Crippen LogP contribution in [0.3, 0.4) is 0 Å². The molecule has 2 rings (SSSR count). The number of hydrogen-bond acceptors (Lipinski definition) is 1. The molecule has 0 radical (unpaired) electrons. The summed E-state index contributed by atoms with van der Waals surface area (Å²) in [6, 6.07) is 11.1. The summed E-state index contributed by atoms with van der Waals surface area (Å²) >= 11 is 5.31. The van der Waals surface area contributed by atoms with Crippen molar-refractivity contribution in [3.63, 3.8) is 0 Å². The van der Waals surface area contributed by atoms with Crippen molar-refractivity contribution in [3.05, 3.63) is 58.0 Å². The maximum absolute atomic E-state index is 13.2. The second-order valence-corrected chi connectivity index (χ2v) is 5.70. The second-order valence-electron chi connectivity index (χ2n) is 4.02. The van der Waals surface area contributed by atoms with Crippen LogP contribution in [0.5, 0.6) is 0 Å². The molecule has 0 saturated carbocycles. The van der Waals surface area contributed by atoms with Crippen LogP contribution in [0.25, 0.3) is 0 Å². The van der Waals surface area contributed by atoms with Crippen LogP contribution in [0.2, 0.25) is 0 Å². The number of hydrogen-bond donors (Lipinski definition) is 0. The van der Waals surface area contributed by atoms with E-state index in [1.807, 2.05) is 6.07 Å². The second kappa shape index (κ2) is 6.31. The number of benzene rings is 1. The quantitative estimate of drug-likeness (QED) is 0.682. The van der Waals surface area contributed by atoms with Gasteiger partial charge in [-0.05, 0) is 47.9 Å². The molecule has 0 N–H and O–H groups in total. The van der Waals surface area contributed by atoms with Crippen LogP contribution in [0, 0.1) is 5.82 Å². The van der Waals surface area contributed by atoms with Gasteiger partial charge in [-0.25, -0.2) is 4.39 Å². The van der Waals surface area contributed by atoms with E-state index in [1.165, 1.54) is 10.9 Å². The van der Waals surface area contributed by atoms with Crippen molar-refractivity contribution in [2.24, 2.45) is 0 Å². The SMILES string of the molecule is Fc1cccc(C(CBr)CCc2cccs2)c1. The first-order valence-electron chi connectivity index (χ1n) is 5.63. The molecule has 0 fully saturated rings. The average Bonchev–Trinajstić information content (AvgIpc) is 2.83. The number of rotatable bonds is 5. The number of thiophene rings is 1. The summed E-state index contributed by atoms with van der Waals surface area (Å²) in [5.41, 5.74) is 1.08. The normalized spacial score (nSPS) is 12.6. The van der Waals surface area contributed by atoms with Gasteiger partial charge in [-0.1, -0.05) is 34.1 Å². The predicted octanol–water partition coefficient (Wildman–Crippen LogP) is 5.00. The van der Waals surface area contributed by atoms with Gasteiger partial charge in [0.25, 0.3) is 0 Å². The third kappa shape index (κ3) is 3.65. The summed E-state index contributed by atoms with van der Waals surface area (Å²) in [7, 11) is 0. The van der Waals surface area contributed by atoms with E-state index in [4.69, 9.17) is 0 Å². The van der Waals surface area contributed by atoms with E-state index in [0.717, 1.165) is 23.7 Å². The monoisotopic (exact) mass is 312 g/mol. The minimum absolute atomic E-state index is 0.149. The lowest BCUT2D eigenvalue weighted by Crippen LogP contribution is -2.02. The number of halogens is 2. The third-order valence-electron chi connectivity index (χ3n) is 2.83. The Morgan fingerprint density at radius 1 is 1.24 bits per heavy atom. The lowest BCUT2D eigenvalue weighted by atomic mass is 9.96. The molecule has 0 aliphatic carbocycles. The van der Waals surface area contributed by atoms with E-state index in [0.29, 0.717) is 5.92 Å². The molecule has 1 aromatic carbocycles. The van der Waals surface area contributed by atoms with Crippen LogP contribution < -0.4 is 0 Å². The van der Waals surface area contributed by atoms with E-state index >= 15 is 0 Å². The molecule has 2 aromatic rings. The highest BCUT2D eigenvalue weighted by atomic mass is 79.9. The third-order valence-corrected chi connectivity index (χ3v) is 4.54. The Bertz CT molecular complexity index is 453. The van der Waals surface area contributed by atoms with Gasteiger partial charge < -0.3 is 0 Å². The molecule has 90 valence electrons. The summed E-state index contributed by atoms with van der Waals surface area (Å²) in [6.07, 6.45) is 2.11. The fraction of sp³-hybridized carbons (Fsp3) is 0.286. The molecule has 3 heteroatoms. The molecular weight excluding hydrogens is 299 g/mol. The molecule has 0 aliphatic heterocycles. The molecule has 0 aliphatic rings. The summed E-state index contributed by atoms with van der Waals surface area (Å²) in [4.78, 5) is 1.40. The average molecular weight is 313 g/mol. The fourth-order valence-corrected chi connectivity index (χ4v) is 3.29. The van der Waals surface area contributed by atoms with Gasteiger partial charge in [-0.3, -0.25) is 0 Å². The van der Waals surface area contributed by atoms with Crippen molar-refractivity contribution in [2.75, 3.05) is 5.33 Å². The summed E-state index contributed by atoms with van der Waals surface area (Å²) in [5, 5.41) is 2.97. The van der Waals surface area contributed by atoms with Gasteiger partial charge in [0.2, 0.25) is 0 Å². The molecule has 1 aromatic heterocycles. The zero-order chi connectivity index (χ0) is 12.1. The van der Waals surface area contributed by atoms with Crippen LogP contribution in [0.1, 0.15) is 22.8 Å². The molecule has 1 unspecified atom stereocenters. The molecule has 17 heavy (non-hydrogen) atoms. The molecule has 1 heterocycles. The largest absolute Gasteiger partial charge is 0.207 e. The minimum Gasteiger partial charge on any atom is -0.207 e. The van der Waals surface area contributed by atoms with E-state index < -0.39 is 0 Å². The Kier molecular flexibility index (Phi) is 4.75. The molecule has 0 nitrogen and oxygen atoms in total. The molecule has 0 saturated heterocycles. The van der Waals surface area contributed by atoms with Gasteiger partial charge in [0.1, 0.15) is 5.82 Å². The van der Waals surface area contributed by atoms with Crippen molar-refractivity contribution in [3.8, 4) is 0 Å². The highest BCUT2D eigenvalue weighted by Gasteiger charge is 2.11. The zero-order valence-corrected chi connectivity index (χ0v) is 11.8. The first kappa shape index (κ1) is 12.8. The Labute approximate surface area is 114 Å². The summed E-state index contributed by atoms with van der Waals surface area (Å²) in [5.74, 6) is 0.234. The van der Waals surface area contributed by atoms with E-state index in [-0.39, 0.29) is 5.82 Å². The molecular formula is C14H14BrFS. The molecule has 1 atom stereocenters. The smallest absolute Gasteiger partial charge is 0.123 e. The standard InChI is InChI=1S/C14H14BrFS/c15-10-12(6-7-14-5-2-8-17-14)11-3-1-4-13(16)9-11/h1-5,8-9,12H,6-7,10H2. The van der Waals surface area contributed by atoms with E-state index in [1.54, 1.807) is 23.5 Å². The van der Waals surface area contributed by atoms with Gasteiger partial charge in [-0.2, -0.15) is 0 Å². The molecule has 0 bridgehead atoms. The highest BCUT2D eigenvalue weighted by molar-refractivity contribution is 9.09. The van der Waals surface area contributed by atoms with E-state index in [9.17, 15) is 4.39 Å². The van der Waals surface area contributed by atoms with Gasteiger partial charge >= 0.3 is 0 Å². The van der Waals surface area contributed by atoms with Crippen LogP contribution in [0.15, 0.2) is 41.8 Å². The Hall–Kier alpha value is -0.670. The van der Waals surface area contributed by atoms with Crippen molar-refractivity contribution < 1.29 is 4.39 Å². The van der Waals surface area contributed by atoms with Gasteiger partial charge in [0, 0.05) is 10.2 Å². The Morgan fingerprint density at radius 3 is 2.76 bits per heavy atom. The highest BCUT2D eigenvalue weighted by Crippen LogP contribution is 2.25. The number of aryl methyl sites for hydroxylation is 1. The van der Waals surface area contributed by atoms with Crippen molar-refractivity contribution >= 4 is 27.3 Å². The van der Waals surface area contributed by atoms with Crippen LogP contribution in [-0.4, -0.2) is 5.33 Å². The fourth-order valence-electron chi connectivity index (χ4n) is 1.86. The molecule has 0 amide bonds. The molecule has 0 spiro atoms. The lowest BCUT2D eigenvalue weighted by molar-refractivity contribution is 0.617. The first-order chi connectivity index (χ1) is 8.29. The van der Waals surface area contributed by atoms with Crippen molar-refractivity contribution in [2.45, 2.75) is 18.8 Å². The zero-order valence-electron chi connectivity index (χ0n) is 9.40. The predicted molar refractivity (Wildman–Crippen MR) is 75.6 cm³/mol. The van der Waals surface area contributed by atoms with Crippen LogP contribution in [0.4, 0.5) is 4.39 Å².